The smallest absolute Gasteiger partial charge is 0.216 e. The lowest BCUT2D eigenvalue weighted by Gasteiger charge is -2.29. The maximum atomic E-state index is 5.81. The SMILES string of the molecule is CCCCC[C@H]1CC[C@H](c2ccc(C3=N[C@@H](C(C)C)CO3)cc2)CC1. The molecule has 0 saturated heterocycles. The summed E-state index contributed by atoms with van der Waals surface area (Å²) in [5.41, 5.74) is 2.65. The van der Waals surface area contributed by atoms with Crippen molar-refractivity contribution in [2.24, 2.45) is 16.8 Å². The fourth-order valence-electron chi connectivity index (χ4n) is 4.25. The fraction of sp³-hybridized carbons (Fsp3) is 0.696. The number of ether oxygens (including phenoxy) is 1. The van der Waals surface area contributed by atoms with Gasteiger partial charge in [-0.3, -0.25) is 0 Å². The minimum absolute atomic E-state index is 0.317. The van der Waals surface area contributed by atoms with Crippen molar-refractivity contribution in [2.75, 3.05) is 6.61 Å². The second-order valence-electron chi connectivity index (χ2n) is 8.39. The van der Waals surface area contributed by atoms with Gasteiger partial charge in [-0.15, -0.1) is 0 Å². The van der Waals surface area contributed by atoms with Crippen LogP contribution in [0.2, 0.25) is 0 Å². The number of unbranched alkanes of at least 4 members (excludes halogenated alkanes) is 2. The molecule has 25 heavy (non-hydrogen) atoms. The van der Waals surface area contributed by atoms with Crippen LogP contribution < -0.4 is 0 Å². The normalized spacial score (nSPS) is 26.6. The van der Waals surface area contributed by atoms with Crippen LogP contribution in [0, 0.1) is 11.8 Å². The Morgan fingerprint density at radius 3 is 2.36 bits per heavy atom. The summed E-state index contributed by atoms with van der Waals surface area (Å²) in [7, 11) is 0. The number of nitrogens with zero attached hydrogens (tertiary/aromatic N) is 1. The zero-order valence-corrected chi connectivity index (χ0v) is 16.3. The van der Waals surface area contributed by atoms with Gasteiger partial charge in [-0.05, 0) is 61.1 Å². The lowest BCUT2D eigenvalue weighted by molar-refractivity contribution is 0.292. The van der Waals surface area contributed by atoms with E-state index >= 15 is 0 Å². The molecule has 1 atom stereocenters. The number of rotatable bonds is 7. The number of hydrogen-bond donors (Lipinski definition) is 0. The lowest BCUT2D eigenvalue weighted by Crippen LogP contribution is -2.13. The zero-order valence-electron chi connectivity index (χ0n) is 16.3. The molecule has 2 nitrogen and oxygen atoms in total. The summed E-state index contributed by atoms with van der Waals surface area (Å²) in [6.07, 6.45) is 11.2. The van der Waals surface area contributed by atoms with Crippen LogP contribution in [0.25, 0.3) is 0 Å². The summed E-state index contributed by atoms with van der Waals surface area (Å²) < 4.78 is 5.81. The Bertz CT molecular complexity index is 552. The summed E-state index contributed by atoms with van der Waals surface area (Å²) in [5, 5.41) is 0. The highest BCUT2D eigenvalue weighted by atomic mass is 16.5. The lowest BCUT2D eigenvalue weighted by atomic mass is 9.77. The van der Waals surface area contributed by atoms with Crippen LogP contribution in [0.1, 0.15) is 89.2 Å². The van der Waals surface area contributed by atoms with Gasteiger partial charge in [-0.25, -0.2) is 4.99 Å². The zero-order chi connectivity index (χ0) is 17.6. The molecule has 1 aliphatic carbocycles. The van der Waals surface area contributed by atoms with Crippen molar-refractivity contribution in [1.82, 2.24) is 0 Å². The van der Waals surface area contributed by atoms with Crippen LogP contribution in [0.15, 0.2) is 29.3 Å². The topological polar surface area (TPSA) is 21.6 Å². The number of hydrogen-bond acceptors (Lipinski definition) is 2. The molecule has 0 unspecified atom stereocenters. The molecular weight excluding hydrogens is 306 g/mol. The molecule has 1 fully saturated rings. The molecule has 1 aliphatic heterocycles. The summed E-state index contributed by atoms with van der Waals surface area (Å²) in [6, 6.07) is 9.37. The molecule has 2 heteroatoms. The average molecular weight is 342 g/mol. The van der Waals surface area contributed by atoms with E-state index in [1.807, 2.05) is 0 Å². The molecule has 1 saturated carbocycles. The average Bonchev–Trinajstić information content (AvgIpc) is 3.13. The minimum atomic E-state index is 0.317. The van der Waals surface area contributed by atoms with E-state index in [1.165, 1.54) is 56.9 Å². The van der Waals surface area contributed by atoms with Crippen molar-refractivity contribution in [1.29, 1.82) is 0 Å². The Morgan fingerprint density at radius 2 is 1.76 bits per heavy atom. The molecule has 0 amide bonds. The molecule has 1 aromatic rings. The molecule has 0 spiro atoms. The summed E-state index contributed by atoms with van der Waals surface area (Å²) in [4.78, 5) is 4.74. The Morgan fingerprint density at radius 1 is 1.04 bits per heavy atom. The second kappa shape index (κ2) is 8.87. The molecule has 0 bridgehead atoms. The van der Waals surface area contributed by atoms with Crippen molar-refractivity contribution >= 4 is 5.90 Å². The van der Waals surface area contributed by atoms with Crippen LogP contribution in [0.4, 0.5) is 0 Å². The maximum Gasteiger partial charge on any atom is 0.216 e. The van der Waals surface area contributed by atoms with Crippen LogP contribution in [0.5, 0.6) is 0 Å². The van der Waals surface area contributed by atoms with Crippen molar-refractivity contribution in [3.05, 3.63) is 35.4 Å². The van der Waals surface area contributed by atoms with Crippen LogP contribution in [-0.2, 0) is 4.74 Å². The first-order valence-corrected chi connectivity index (χ1v) is 10.5. The van der Waals surface area contributed by atoms with Gasteiger partial charge in [-0.1, -0.05) is 58.6 Å². The van der Waals surface area contributed by atoms with Gasteiger partial charge < -0.3 is 4.74 Å². The van der Waals surface area contributed by atoms with Gasteiger partial charge >= 0.3 is 0 Å². The molecule has 3 rings (SSSR count). The summed E-state index contributed by atoms with van der Waals surface area (Å²) in [5.74, 6) is 3.12. The van der Waals surface area contributed by atoms with E-state index < -0.39 is 0 Å². The van der Waals surface area contributed by atoms with E-state index in [1.54, 1.807) is 0 Å². The van der Waals surface area contributed by atoms with E-state index in [2.05, 4.69) is 45.0 Å². The first kappa shape index (κ1) is 18.5. The van der Waals surface area contributed by atoms with Gasteiger partial charge in [0.05, 0.1) is 6.04 Å². The first-order valence-electron chi connectivity index (χ1n) is 10.5. The fourth-order valence-corrected chi connectivity index (χ4v) is 4.25. The molecule has 0 radical (unpaired) electrons. The third-order valence-corrected chi connectivity index (χ3v) is 6.14. The largest absolute Gasteiger partial charge is 0.475 e. The van der Waals surface area contributed by atoms with Crippen LogP contribution >= 0.6 is 0 Å². The molecule has 138 valence electrons. The van der Waals surface area contributed by atoms with E-state index in [0.29, 0.717) is 12.0 Å². The molecule has 2 aliphatic rings. The third-order valence-electron chi connectivity index (χ3n) is 6.14. The predicted molar refractivity (Wildman–Crippen MR) is 106 cm³/mol. The molecule has 0 N–H and O–H groups in total. The van der Waals surface area contributed by atoms with Gasteiger partial charge in [0.1, 0.15) is 6.61 Å². The van der Waals surface area contributed by atoms with Gasteiger partial charge in [0, 0.05) is 5.56 Å². The van der Waals surface area contributed by atoms with Crippen LogP contribution in [-0.4, -0.2) is 18.5 Å². The summed E-state index contributed by atoms with van der Waals surface area (Å²) >= 11 is 0. The second-order valence-corrected chi connectivity index (χ2v) is 8.39. The monoisotopic (exact) mass is 341 g/mol. The van der Waals surface area contributed by atoms with E-state index in [0.717, 1.165) is 29.9 Å². The highest BCUT2D eigenvalue weighted by molar-refractivity contribution is 5.95. The third kappa shape index (κ3) is 4.86. The van der Waals surface area contributed by atoms with Gasteiger partial charge in [0.15, 0.2) is 0 Å². The Hall–Kier alpha value is -1.31. The van der Waals surface area contributed by atoms with Crippen molar-refractivity contribution < 1.29 is 4.74 Å². The number of aliphatic imine (C=N–C) groups is 1. The van der Waals surface area contributed by atoms with Crippen molar-refractivity contribution in [3.8, 4) is 0 Å². The predicted octanol–water partition coefficient (Wildman–Crippen LogP) is 6.34. The van der Waals surface area contributed by atoms with Gasteiger partial charge in [-0.2, -0.15) is 0 Å². The van der Waals surface area contributed by atoms with Gasteiger partial charge in [0.25, 0.3) is 0 Å². The highest BCUT2D eigenvalue weighted by Crippen LogP contribution is 2.37. The van der Waals surface area contributed by atoms with Crippen molar-refractivity contribution in [2.45, 2.75) is 84.1 Å². The molecular formula is C23H35NO. The van der Waals surface area contributed by atoms with E-state index in [-0.39, 0.29) is 0 Å². The van der Waals surface area contributed by atoms with E-state index in [4.69, 9.17) is 9.73 Å². The Balaban J connectivity index is 1.53. The molecule has 1 heterocycles. The first-order chi connectivity index (χ1) is 12.2. The Kier molecular flexibility index (Phi) is 6.56. The quantitative estimate of drug-likeness (QED) is 0.530. The van der Waals surface area contributed by atoms with E-state index in [9.17, 15) is 0 Å². The molecule has 0 aromatic heterocycles. The van der Waals surface area contributed by atoms with Gasteiger partial charge in [0.2, 0.25) is 5.90 Å². The maximum absolute atomic E-state index is 5.81. The standard InChI is InChI=1S/C23H35NO/c1-4-5-6-7-18-8-10-19(11-9-18)20-12-14-21(15-13-20)23-24-22(16-25-23)17(2)3/h12-15,17-19,22H,4-11,16H2,1-3H3/t18-,19-,22-/m1/s1. The number of benzene rings is 1. The highest BCUT2D eigenvalue weighted by Gasteiger charge is 2.24. The van der Waals surface area contributed by atoms with Crippen LogP contribution in [0.3, 0.4) is 0 Å². The summed E-state index contributed by atoms with van der Waals surface area (Å²) in [6.45, 7) is 7.45. The Labute approximate surface area is 154 Å². The molecule has 1 aromatic carbocycles. The minimum Gasteiger partial charge on any atom is -0.475 e. The van der Waals surface area contributed by atoms with Crippen molar-refractivity contribution in [3.63, 3.8) is 0 Å².